The second-order valence-corrected chi connectivity index (χ2v) is 10.3. The van der Waals surface area contributed by atoms with Crippen molar-refractivity contribution < 1.29 is 23.7 Å². The van der Waals surface area contributed by atoms with E-state index in [-0.39, 0.29) is 11.9 Å². The molecule has 36 heavy (non-hydrogen) atoms. The zero-order valence-corrected chi connectivity index (χ0v) is 22.3. The van der Waals surface area contributed by atoms with Gasteiger partial charge in [-0.25, -0.2) is 0 Å². The molecule has 0 fully saturated rings. The number of ether oxygens (including phenoxy) is 4. The molecule has 0 bridgehead atoms. The molecule has 4 rings (SSSR count). The number of hydrogen-bond acceptors (Lipinski definition) is 6. The quantitative estimate of drug-likeness (QED) is 0.213. The standard InChI is InChI=1S/C30H34O5S/c1-5-36-12-11-33-26-13-20(2)30(21(3)14-26)23-8-6-7-22(15-23)18-34-25-9-10-27-24(16-29(31)32-4)19-35-28(27)17-25/h6-10,13-15,17,24H,5,11-12,16,18-19H2,1-4H3. The van der Waals surface area contributed by atoms with E-state index in [0.717, 1.165) is 46.5 Å². The first kappa shape index (κ1) is 26.0. The minimum Gasteiger partial charge on any atom is -0.493 e. The Morgan fingerprint density at radius 3 is 2.58 bits per heavy atom. The van der Waals surface area contributed by atoms with E-state index in [1.165, 1.54) is 29.4 Å². The van der Waals surface area contributed by atoms with E-state index in [4.69, 9.17) is 18.9 Å². The predicted molar refractivity (Wildman–Crippen MR) is 145 cm³/mol. The maximum atomic E-state index is 11.6. The van der Waals surface area contributed by atoms with Crippen LogP contribution in [0, 0.1) is 13.8 Å². The topological polar surface area (TPSA) is 54.0 Å². The van der Waals surface area contributed by atoms with Crippen LogP contribution >= 0.6 is 11.8 Å². The zero-order valence-electron chi connectivity index (χ0n) is 21.5. The van der Waals surface area contributed by atoms with E-state index >= 15 is 0 Å². The van der Waals surface area contributed by atoms with Crippen LogP contribution in [0.15, 0.2) is 54.6 Å². The second-order valence-electron chi connectivity index (χ2n) is 8.95. The molecule has 3 aromatic carbocycles. The Morgan fingerprint density at radius 1 is 1.03 bits per heavy atom. The molecular formula is C30H34O5S. The first-order chi connectivity index (χ1) is 17.5. The molecule has 0 saturated carbocycles. The van der Waals surface area contributed by atoms with Crippen LogP contribution in [0.5, 0.6) is 17.2 Å². The molecule has 3 aromatic rings. The number of rotatable bonds is 11. The molecule has 190 valence electrons. The first-order valence-corrected chi connectivity index (χ1v) is 13.5. The molecule has 6 heteroatoms. The van der Waals surface area contributed by atoms with E-state index in [0.29, 0.717) is 19.6 Å². The van der Waals surface area contributed by atoms with Crippen molar-refractivity contribution in [1.29, 1.82) is 0 Å². The Bertz CT molecular complexity index is 1180. The van der Waals surface area contributed by atoms with Crippen molar-refractivity contribution in [1.82, 2.24) is 0 Å². The van der Waals surface area contributed by atoms with Gasteiger partial charge in [-0.1, -0.05) is 31.2 Å². The molecular weight excluding hydrogens is 472 g/mol. The van der Waals surface area contributed by atoms with E-state index in [1.54, 1.807) is 0 Å². The van der Waals surface area contributed by atoms with Crippen LogP contribution in [0.4, 0.5) is 0 Å². The molecule has 0 radical (unpaired) electrons. The maximum Gasteiger partial charge on any atom is 0.306 e. The lowest BCUT2D eigenvalue weighted by molar-refractivity contribution is -0.141. The number of benzene rings is 3. The van der Waals surface area contributed by atoms with Crippen molar-refractivity contribution in [2.75, 3.05) is 31.8 Å². The number of methoxy groups -OCH3 is 1. The van der Waals surface area contributed by atoms with Gasteiger partial charge in [0.15, 0.2) is 0 Å². The lowest BCUT2D eigenvalue weighted by Gasteiger charge is -2.15. The number of thioether (sulfide) groups is 1. The highest BCUT2D eigenvalue weighted by Crippen LogP contribution is 2.38. The molecule has 1 heterocycles. The van der Waals surface area contributed by atoms with Crippen LogP contribution in [0.3, 0.4) is 0 Å². The van der Waals surface area contributed by atoms with Gasteiger partial charge >= 0.3 is 5.97 Å². The molecule has 1 aliphatic rings. The van der Waals surface area contributed by atoms with E-state index in [9.17, 15) is 4.79 Å². The van der Waals surface area contributed by atoms with Gasteiger partial charge in [0.2, 0.25) is 0 Å². The van der Waals surface area contributed by atoms with Gasteiger partial charge in [0.25, 0.3) is 0 Å². The van der Waals surface area contributed by atoms with Crippen molar-refractivity contribution >= 4 is 17.7 Å². The highest BCUT2D eigenvalue weighted by Gasteiger charge is 2.27. The van der Waals surface area contributed by atoms with Crippen LogP contribution in [-0.2, 0) is 16.1 Å². The fourth-order valence-electron chi connectivity index (χ4n) is 4.61. The highest BCUT2D eigenvalue weighted by atomic mass is 32.2. The molecule has 0 saturated heterocycles. The van der Waals surface area contributed by atoms with Crippen LogP contribution in [0.1, 0.15) is 41.5 Å². The predicted octanol–water partition coefficient (Wildman–Crippen LogP) is 6.72. The van der Waals surface area contributed by atoms with Gasteiger partial charge in [0, 0.05) is 23.3 Å². The Labute approximate surface area is 218 Å². The molecule has 1 atom stereocenters. The zero-order chi connectivity index (χ0) is 25.5. The number of aryl methyl sites for hydroxylation is 2. The Kier molecular flexibility index (Phi) is 8.81. The summed E-state index contributed by atoms with van der Waals surface area (Å²) in [5.41, 5.74) is 6.91. The smallest absolute Gasteiger partial charge is 0.306 e. The summed E-state index contributed by atoms with van der Waals surface area (Å²) in [5.74, 6) is 4.36. The van der Waals surface area contributed by atoms with Crippen LogP contribution in [0.25, 0.3) is 11.1 Å². The van der Waals surface area contributed by atoms with E-state index in [2.05, 4.69) is 57.2 Å². The Balaban J connectivity index is 1.42. The van der Waals surface area contributed by atoms with Crippen LogP contribution in [0.2, 0.25) is 0 Å². The molecule has 1 unspecified atom stereocenters. The summed E-state index contributed by atoms with van der Waals surface area (Å²) in [5, 5.41) is 0. The summed E-state index contributed by atoms with van der Waals surface area (Å²) in [6.45, 7) is 8.09. The maximum absolute atomic E-state index is 11.6. The minimum atomic E-state index is -0.227. The third kappa shape index (κ3) is 6.35. The largest absolute Gasteiger partial charge is 0.493 e. The van der Waals surface area contributed by atoms with Crippen LogP contribution in [-0.4, -0.2) is 37.8 Å². The number of carbonyl (C=O) groups is 1. The Hall–Kier alpha value is -3.12. The van der Waals surface area contributed by atoms with Gasteiger partial charge in [-0.2, -0.15) is 11.8 Å². The van der Waals surface area contributed by atoms with Crippen molar-refractivity contribution in [3.05, 3.63) is 76.9 Å². The summed E-state index contributed by atoms with van der Waals surface area (Å²) in [7, 11) is 1.41. The van der Waals surface area contributed by atoms with Crippen molar-refractivity contribution in [2.45, 2.75) is 39.7 Å². The van der Waals surface area contributed by atoms with Crippen molar-refractivity contribution in [3.8, 4) is 28.4 Å². The second kappa shape index (κ2) is 12.2. The lowest BCUT2D eigenvalue weighted by Crippen LogP contribution is -2.09. The monoisotopic (exact) mass is 506 g/mol. The van der Waals surface area contributed by atoms with Gasteiger partial charge in [-0.05, 0) is 71.7 Å². The van der Waals surface area contributed by atoms with Gasteiger partial charge in [0.1, 0.15) is 23.9 Å². The third-order valence-corrected chi connectivity index (χ3v) is 7.20. The van der Waals surface area contributed by atoms with Crippen LogP contribution < -0.4 is 14.2 Å². The lowest BCUT2D eigenvalue weighted by atomic mass is 9.94. The van der Waals surface area contributed by atoms with Gasteiger partial charge < -0.3 is 18.9 Å². The SMILES string of the molecule is CCSCCOc1cc(C)c(-c2cccc(COc3ccc4c(c3)OCC4CC(=O)OC)c2)c(C)c1. The number of esters is 1. The summed E-state index contributed by atoms with van der Waals surface area (Å²) in [4.78, 5) is 11.6. The number of fused-ring (bicyclic) bond motifs is 1. The average molecular weight is 507 g/mol. The molecule has 0 aliphatic carbocycles. The van der Waals surface area contributed by atoms with Gasteiger partial charge in [-0.15, -0.1) is 0 Å². The fourth-order valence-corrected chi connectivity index (χ4v) is 5.10. The molecule has 0 spiro atoms. The summed E-state index contributed by atoms with van der Waals surface area (Å²) >= 11 is 1.89. The summed E-state index contributed by atoms with van der Waals surface area (Å²) < 4.78 is 22.7. The summed E-state index contributed by atoms with van der Waals surface area (Å²) in [6, 6.07) is 18.6. The molecule has 0 amide bonds. The molecule has 0 aromatic heterocycles. The number of carbonyl (C=O) groups excluding carboxylic acids is 1. The minimum absolute atomic E-state index is 0.0247. The summed E-state index contributed by atoms with van der Waals surface area (Å²) in [6.07, 6.45) is 0.320. The molecule has 0 N–H and O–H groups in total. The van der Waals surface area contributed by atoms with Crippen molar-refractivity contribution in [3.63, 3.8) is 0 Å². The average Bonchev–Trinajstić information content (AvgIpc) is 3.27. The van der Waals surface area contributed by atoms with Gasteiger partial charge in [0.05, 0.1) is 26.7 Å². The first-order valence-electron chi connectivity index (χ1n) is 12.4. The van der Waals surface area contributed by atoms with E-state index < -0.39 is 0 Å². The van der Waals surface area contributed by atoms with E-state index in [1.807, 2.05) is 30.0 Å². The fraction of sp³-hybridized carbons (Fsp3) is 0.367. The highest BCUT2D eigenvalue weighted by molar-refractivity contribution is 7.99. The Morgan fingerprint density at radius 2 is 1.83 bits per heavy atom. The molecule has 1 aliphatic heterocycles. The number of hydrogen-bond donors (Lipinski definition) is 0. The normalized spacial score (nSPS) is 14.2. The molecule has 5 nitrogen and oxygen atoms in total. The van der Waals surface area contributed by atoms with Crippen molar-refractivity contribution in [2.24, 2.45) is 0 Å². The third-order valence-electron chi connectivity index (χ3n) is 6.33. The van der Waals surface area contributed by atoms with Gasteiger partial charge in [-0.3, -0.25) is 4.79 Å².